The summed E-state index contributed by atoms with van der Waals surface area (Å²) < 4.78 is 11.6. The van der Waals surface area contributed by atoms with Crippen LogP contribution in [0.2, 0.25) is 0 Å². The molecular weight excluding hydrogens is 278 g/mol. The van der Waals surface area contributed by atoms with Crippen LogP contribution >= 0.6 is 0 Å². The summed E-state index contributed by atoms with van der Waals surface area (Å²) in [6.07, 6.45) is 7.49. The van der Waals surface area contributed by atoms with E-state index >= 15 is 0 Å². The molecule has 1 saturated heterocycles. The molecule has 120 valence electrons. The number of nitrogens with one attached hydrogen (secondary N) is 1. The number of carbonyl (C=O) groups excluding carboxylic acids is 1. The van der Waals surface area contributed by atoms with Crippen LogP contribution in [0.15, 0.2) is 30.3 Å². The zero-order chi connectivity index (χ0) is 15.3. The highest BCUT2D eigenvalue weighted by molar-refractivity contribution is 5.76. The number of para-hydroxylation sites is 1. The van der Waals surface area contributed by atoms with E-state index in [0.29, 0.717) is 19.6 Å². The Morgan fingerprint density at radius 2 is 2.00 bits per heavy atom. The number of carbonyl (C=O) groups is 1. The fourth-order valence-electron chi connectivity index (χ4n) is 3.56. The molecule has 0 unspecified atom stereocenters. The van der Waals surface area contributed by atoms with Crippen molar-refractivity contribution >= 4 is 5.91 Å². The molecular formula is C18H25NO3. The Kier molecular flexibility index (Phi) is 4.98. The lowest BCUT2D eigenvalue weighted by Crippen LogP contribution is -2.37. The van der Waals surface area contributed by atoms with Gasteiger partial charge in [-0.1, -0.05) is 37.5 Å². The van der Waals surface area contributed by atoms with Gasteiger partial charge in [-0.25, -0.2) is 0 Å². The summed E-state index contributed by atoms with van der Waals surface area (Å²) in [6.45, 7) is 1.07. The van der Waals surface area contributed by atoms with Crippen molar-refractivity contribution in [2.45, 2.75) is 56.6 Å². The van der Waals surface area contributed by atoms with Crippen molar-refractivity contribution in [2.75, 3.05) is 13.2 Å². The van der Waals surface area contributed by atoms with Crippen LogP contribution in [-0.4, -0.2) is 30.8 Å². The minimum Gasteiger partial charge on any atom is -0.493 e. The number of amides is 1. The predicted molar refractivity (Wildman–Crippen MR) is 84.9 cm³/mol. The summed E-state index contributed by atoms with van der Waals surface area (Å²) in [5.74, 6) is 0.859. The SMILES string of the molecule is O=C(CCOc1ccccc1)N[C@@H]1COC2(CCCCC2)C1. The molecule has 3 rings (SSSR count). The third kappa shape index (κ3) is 4.01. The molecule has 1 aliphatic carbocycles. The maximum Gasteiger partial charge on any atom is 0.223 e. The van der Waals surface area contributed by atoms with Gasteiger partial charge in [-0.15, -0.1) is 0 Å². The van der Waals surface area contributed by atoms with Crippen molar-refractivity contribution in [3.8, 4) is 5.75 Å². The van der Waals surface area contributed by atoms with Gasteiger partial charge in [0, 0.05) is 0 Å². The fraction of sp³-hybridized carbons (Fsp3) is 0.611. The van der Waals surface area contributed by atoms with Crippen LogP contribution in [-0.2, 0) is 9.53 Å². The summed E-state index contributed by atoms with van der Waals surface area (Å²) in [4.78, 5) is 12.0. The van der Waals surface area contributed by atoms with Gasteiger partial charge in [0.1, 0.15) is 5.75 Å². The Labute approximate surface area is 132 Å². The van der Waals surface area contributed by atoms with Gasteiger partial charge in [0.25, 0.3) is 0 Å². The molecule has 1 aromatic carbocycles. The van der Waals surface area contributed by atoms with E-state index in [2.05, 4.69) is 5.32 Å². The van der Waals surface area contributed by atoms with Crippen molar-refractivity contribution < 1.29 is 14.3 Å². The van der Waals surface area contributed by atoms with E-state index in [0.717, 1.165) is 25.0 Å². The zero-order valence-electron chi connectivity index (χ0n) is 13.1. The molecule has 4 nitrogen and oxygen atoms in total. The molecule has 1 atom stereocenters. The van der Waals surface area contributed by atoms with Crippen LogP contribution in [0.25, 0.3) is 0 Å². The quantitative estimate of drug-likeness (QED) is 0.909. The molecule has 2 fully saturated rings. The smallest absolute Gasteiger partial charge is 0.223 e. The van der Waals surface area contributed by atoms with Crippen LogP contribution in [0.4, 0.5) is 0 Å². The van der Waals surface area contributed by atoms with Crippen molar-refractivity contribution in [3.63, 3.8) is 0 Å². The van der Waals surface area contributed by atoms with Gasteiger partial charge in [-0.3, -0.25) is 4.79 Å². The first kappa shape index (κ1) is 15.3. The number of rotatable bonds is 5. The molecule has 0 radical (unpaired) electrons. The van der Waals surface area contributed by atoms with Gasteiger partial charge >= 0.3 is 0 Å². The van der Waals surface area contributed by atoms with Gasteiger partial charge < -0.3 is 14.8 Å². The summed E-state index contributed by atoms with van der Waals surface area (Å²) in [5.41, 5.74) is 0.0523. The Balaban J connectivity index is 1.37. The Morgan fingerprint density at radius 1 is 1.23 bits per heavy atom. The van der Waals surface area contributed by atoms with Crippen LogP contribution < -0.4 is 10.1 Å². The summed E-state index contributed by atoms with van der Waals surface area (Å²) >= 11 is 0. The second kappa shape index (κ2) is 7.14. The number of hydrogen-bond acceptors (Lipinski definition) is 3. The summed E-state index contributed by atoms with van der Waals surface area (Å²) in [7, 11) is 0. The third-order valence-corrected chi connectivity index (χ3v) is 4.68. The molecule has 1 heterocycles. The van der Waals surface area contributed by atoms with Crippen LogP contribution in [0.5, 0.6) is 5.75 Å². The Hall–Kier alpha value is -1.55. The minimum atomic E-state index is 0.0523. The van der Waals surface area contributed by atoms with E-state index in [-0.39, 0.29) is 17.6 Å². The van der Waals surface area contributed by atoms with Gasteiger partial charge in [-0.05, 0) is 31.4 Å². The average molecular weight is 303 g/mol. The molecule has 1 N–H and O–H groups in total. The highest BCUT2D eigenvalue weighted by atomic mass is 16.5. The van der Waals surface area contributed by atoms with E-state index in [1.165, 1.54) is 19.3 Å². The van der Waals surface area contributed by atoms with E-state index in [9.17, 15) is 4.79 Å². The highest BCUT2D eigenvalue weighted by Crippen LogP contribution is 2.39. The van der Waals surface area contributed by atoms with Gasteiger partial charge in [0.15, 0.2) is 0 Å². The second-order valence-corrected chi connectivity index (χ2v) is 6.43. The first-order valence-electron chi connectivity index (χ1n) is 8.37. The standard InChI is InChI=1S/C18H25NO3/c20-17(9-12-21-16-7-3-1-4-8-16)19-15-13-18(22-14-15)10-5-2-6-11-18/h1,3-4,7-8,15H,2,5-6,9-14H2,(H,19,20)/t15-/m0/s1. The Bertz CT molecular complexity index is 482. The van der Waals surface area contributed by atoms with Gasteiger partial charge in [0.2, 0.25) is 5.91 Å². The van der Waals surface area contributed by atoms with Crippen molar-refractivity contribution in [1.29, 1.82) is 0 Å². The first-order chi connectivity index (χ1) is 10.8. The molecule has 1 aromatic rings. The van der Waals surface area contributed by atoms with E-state index in [1.54, 1.807) is 0 Å². The predicted octanol–water partition coefficient (Wildman–Crippen LogP) is 3.06. The molecule has 1 saturated carbocycles. The van der Waals surface area contributed by atoms with Gasteiger partial charge in [0.05, 0.1) is 31.3 Å². The molecule has 1 aliphatic heterocycles. The largest absolute Gasteiger partial charge is 0.493 e. The van der Waals surface area contributed by atoms with Crippen LogP contribution in [0.3, 0.4) is 0 Å². The topological polar surface area (TPSA) is 47.6 Å². The fourth-order valence-corrected chi connectivity index (χ4v) is 3.56. The summed E-state index contributed by atoms with van der Waals surface area (Å²) in [6, 6.07) is 9.76. The van der Waals surface area contributed by atoms with E-state index < -0.39 is 0 Å². The Morgan fingerprint density at radius 3 is 2.77 bits per heavy atom. The second-order valence-electron chi connectivity index (χ2n) is 6.43. The van der Waals surface area contributed by atoms with Crippen molar-refractivity contribution in [1.82, 2.24) is 5.32 Å². The average Bonchev–Trinajstić information content (AvgIpc) is 2.91. The third-order valence-electron chi connectivity index (χ3n) is 4.68. The molecule has 1 amide bonds. The van der Waals surface area contributed by atoms with Crippen molar-refractivity contribution in [3.05, 3.63) is 30.3 Å². The molecule has 1 spiro atoms. The molecule has 22 heavy (non-hydrogen) atoms. The van der Waals surface area contributed by atoms with Crippen LogP contribution in [0.1, 0.15) is 44.9 Å². The molecule has 2 aliphatic rings. The van der Waals surface area contributed by atoms with E-state index in [4.69, 9.17) is 9.47 Å². The minimum absolute atomic E-state index is 0.0523. The lowest BCUT2D eigenvalue weighted by atomic mass is 9.82. The molecule has 0 bridgehead atoms. The molecule has 4 heteroatoms. The maximum absolute atomic E-state index is 12.0. The lowest BCUT2D eigenvalue weighted by molar-refractivity contribution is -0.122. The van der Waals surface area contributed by atoms with Gasteiger partial charge in [-0.2, -0.15) is 0 Å². The lowest BCUT2D eigenvalue weighted by Gasteiger charge is -2.32. The highest BCUT2D eigenvalue weighted by Gasteiger charge is 2.41. The zero-order valence-corrected chi connectivity index (χ0v) is 13.1. The monoisotopic (exact) mass is 303 g/mol. The number of benzene rings is 1. The van der Waals surface area contributed by atoms with Crippen molar-refractivity contribution in [2.24, 2.45) is 0 Å². The van der Waals surface area contributed by atoms with Crippen LogP contribution in [0, 0.1) is 0 Å². The normalized spacial score (nSPS) is 23.4. The van der Waals surface area contributed by atoms with E-state index in [1.807, 2.05) is 30.3 Å². The number of hydrogen-bond donors (Lipinski definition) is 1. The summed E-state index contributed by atoms with van der Waals surface area (Å²) in [5, 5.41) is 3.09. The molecule has 0 aromatic heterocycles. The number of ether oxygens (including phenoxy) is 2. The first-order valence-corrected chi connectivity index (χ1v) is 8.37. The maximum atomic E-state index is 12.0.